The SMILES string of the molecule is CCCCCOc1cc(C)c(Cl)cc1S(=O)(=O)NCc1cccs1. The summed E-state index contributed by atoms with van der Waals surface area (Å²) < 4.78 is 33.6. The smallest absolute Gasteiger partial charge is 0.244 e. The Balaban J connectivity index is 2.20. The van der Waals surface area contributed by atoms with E-state index in [9.17, 15) is 8.42 Å². The topological polar surface area (TPSA) is 55.4 Å². The molecule has 0 saturated carbocycles. The lowest BCUT2D eigenvalue weighted by Crippen LogP contribution is -2.23. The predicted octanol–water partition coefficient (Wildman–Crippen LogP) is 4.76. The molecular formula is C17H22ClNO3S2. The molecule has 0 aliphatic carbocycles. The summed E-state index contributed by atoms with van der Waals surface area (Å²) >= 11 is 7.63. The average Bonchev–Trinajstić information content (AvgIpc) is 3.06. The Labute approximate surface area is 152 Å². The number of ether oxygens (including phenoxy) is 1. The van der Waals surface area contributed by atoms with E-state index < -0.39 is 10.0 Å². The summed E-state index contributed by atoms with van der Waals surface area (Å²) in [6, 6.07) is 6.92. The number of unbranched alkanes of at least 4 members (excludes halogenated alkanes) is 2. The molecule has 4 nitrogen and oxygen atoms in total. The molecule has 0 amide bonds. The molecule has 0 unspecified atom stereocenters. The van der Waals surface area contributed by atoms with Gasteiger partial charge in [-0.15, -0.1) is 11.3 Å². The number of hydrogen-bond donors (Lipinski definition) is 1. The Morgan fingerprint density at radius 3 is 2.75 bits per heavy atom. The number of benzene rings is 1. The summed E-state index contributed by atoms with van der Waals surface area (Å²) in [6.45, 7) is 4.68. The van der Waals surface area contributed by atoms with Gasteiger partial charge in [-0.1, -0.05) is 37.4 Å². The summed E-state index contributed by atoms with van der Waals surface area (Å²) in [4.78, 5) is 1.04. The largest absolute Gasteiger partial charge is 0.492 e. The number of rotatable bonds is 9. The minimum atomic E-state index is -3.70. The van der Waals surface area contributed by atoms with Crippen molar-refractivity contribution in [3.63, 3.8) is 0 Å². The van der Waals surface area contributed by atoms with Gasteiger partial charge in [0.15, 0.2) is 0 Å². The van der Waals surface area contributed by atoms with E-state index in [2.05, 4.69) is 11.6 Å². The molecule has 1 N–H and O–H groups in total. The molecule has 1 aromatic heterocycles. The van der Waals surface area contributed by atoms with Gasteiger partial charge in [0, 0.05) is 16.4 Å². The fraction of sp³-hybridized carbons (Fsp3) is 0.412. The minimum Gasteiger partial charge on any atom is -0.492 e. The highest BCUT2D eigenvalue weighted by Crippen LogP contribution is 2.30. The van der Waals surface area contributed by atoms with Crippen molar-refractivity contribution in [3.05, 3.63) is 45.1 Å². The van der Waals surface area contributed by atoms with Crippen LogP contribution < -0.4 is 9.46 Å². The molecule has 2 rings (SSSR count). The van der Waals surface area contributed by atoms with E-state index in [1.807, 2.05) is 24.4 Å². The van der Waals surface area contributed by atoms with Gasteiger partial charge in [-0.3, -0.25) is 0 Å². The van der Waals surface area contributed by atoms with E-state index in [1.54, 1.807) is 6.07 Å². The van der Waals surface area contributed by atoms with Crippen molar-refractivity contribution in [1.82, 2.24) is 4.72 Å². The van der Waals surface area contributed by atoms with Gasteiger partial charge in [0.25, 0.3) is 0 Å². The molecule has 0 fully saturated rings. The number of halogens is 1. The van der Waals surface area contributed by atoms with Crippen molar-refractivity contribution in [3.8, 4) is 5.75 Å². The average molecular weight is 388 g/mol. The molecule has 24 heavy (non-hydrogen) atoms. The minimum absolute atomic E-state index is 0.0890. The highest BCUT2D eigenvalue weighted by atomic mass is 35.5. The number of thiophene rings is 1. The second-order valence-corrected chi connectivity index (χ2v) is 8.68. The van der Waals surface area contributed by atoms with Crippen LogP contribution in [0.5, 0.6) is 5.75 Å². The highest BCUT2D eigenvalue weighted by Gasteiger charge is 2.21. The van der Waals surface area contributed by atoms with Gasteiger partial charge in [0.2, 0.25) is 10.0 Å². The van der Waals surface area contributed by atoms with Gasteiger partial charge < -0.3 is 4.74 Å². The van der Waals surface area contributed by atoms with Crippen LogP contribution in [0.1, 0.15) is 36.6 Å². The maximum atomic E-state index is 12.7. The van der Waals surface area contributed by atoms with E-state index in [1.165, 1.54) is 17.4 Å². The Morgan fingerprint density at radius 2 is 2.08 bits per heavy atom. The quantitative estimate of drug-likeness (QED) is 0.631. The van der Waals surface area contributed by atoms with Crippen LogP contribution in [-0.4, -0.2) is 15.0 Å². The van der Waals surface area contributed by atoms with Crippen molar-refractivity contribution in [1.29, 1.82) is 0 Å². The summed E-state index contributed by atoms with van der Waals surface area (Å²) in [5.41, 5.74) is 0.791. The Bertz CT molecular complexity index is 758. The summed E-state index contributed by atoms with van der Waals surface area (Å²) in [6.07, 6.45) is 3.02. The monoisotopic (exact) mass is 387 g/mol. The zero-order valence-electron chi connectivity index (χ0n) is 13.8. The van der Waals surface area contributed by atoms with Crippen molar-refractivity contribution in [2.75, 3.05) is 6.61 Å². The van der Waals surface area contributed by atoms with Gasteiger partial charge in [-0.25, -0.2) is 13.1 Å². The van der Waals surface area contributed by atoms with Crippen LogP contribution in [0.2, 0.25) is 5.02 Å². The molecule has 1 aromatic carbocycles. The molecule has 1 heterocycles. The third kappa shape index (κ3) is 5.21. The fourth-order valence-electron chi connectivity index (χ4n) is 2.15. The van der Waals surface area contributed by atoms with Gasteiger partial charge in [0.05, 0.1) is 6.61 Å². The predicted molar refractivity (Wildman–Crippen MR) is 99.6 cm³/mol. The number of hydrogen-bond acceptors (Lipinski definition) is 4. The summed E-state index contributed by atoms with van der Waals surface area (Å²) in [5.74, 6) is 0.353. The highest BCUT2D eigenvalue weighted by molar-refractivity contribution is 7.89. The standard InChI is InChI=1S/C17H22ClNO3S2/c1-3-4-5-8-22-16-10-13(2)15(18)11-17(16)24(20,21)19-12-14-7-6-9-23-14/h6-7,9-11,19H,3-5,8,12H2,1-2H3. The fourth-order valence-corrected chi connectivity index (χ4v) is 4.27. The van der Waals surface area contributed by atoms with Crippen LogP contribution in [0.15, 0.2) is 34.5 Å². The molecule has 0 aliphatic heterocycles. The number of sulfonamides is 1. The second kappa shape index (κ2) is 8.85. The van der Waals surface area contributed by atoms with Crippen molar-refractivity contribution >= 4 is 33.0 Å². The normalized spacial score (nSPS) is 11.6. The molecule has 0 aliphatic rings. The molecule has 7 heteroatoms. The van der Waals surface area contributed by atoms with Crippen LogP contribution in [0.25, 0.3) is 0 Å². The Morgan fingerprint density at radius 1 is 1.29 bits per heavy atom. The first kappa shape index (κ1) is 19.2. The molecule has 0 atom stereocenters. The van der Waals surface area contributed by atoms with Crippen LogP contribution in [0.3, 0.4) is 0 Å². The maximum Gasteiger partial charge on any atom is 0.244 e. The van der Waals surface area contributed by atoms with Gasteiger partial charge in [-0.2, -0.15) is 0 Å². The first-order valence-corrected chi connectivity index (χ1v) is 10.6. The molecule has 132 valence electrons. The summed E-state index contributed by atoms with van der Waals surface area (Å²) in [5, 5.41) is 2.32. The first-order chi connectivity index (χ1) is 11.4. The Hall–Kier alpha value is -1.08. The third-order valence-electron chi connectivity index (χ3n) is 3.54. The van der Waals surface area contributed by atoms with E-state index in [0.29, 0.717) is 17.4 Å². The lowest BCUT2D eigenvalue weighted by atomic mass is 10.2. The Kier molecular flexibility index (Phi) is 7.10. The van der Waals surface area contributed by atoms with E-state index in [4.69, 9.17) is 16.3 Å². The van der Waals surface area contributed by atoms with E-state index in [-0.39, 0.29) is 11.4 Å². The van der Waals surface area contributed by atoms with Crippen LogP contribution >= 0.6 is 22.9 Å². The third-order valence-corrected chi connectivity index (χ3v) is 6.24. The zero-order chi connectivity index (χ0) is 17.6. The molecule has 0 spiro atoms. The van der Waals surface area contributed by atoms with Crippen LogP contribution in [-0.2, 0) is 16.6 Å². The number of aryl methyl sites for hydroxylation is 1. The van der Waals surface area contributed by atoms with E-state index in [0.717, 1.165) is 29.7 Å². The lowest BCUT2D eigenvalue weighted by Gasteiger charge is -2.14. The molecule has 0 bridgehead atoms. The van der Waals surface area contributed by atoms with Crippen LogP contribution in [0, 0.1) is 6.92 Å². The lowest BCUT2D eigenvalue weighted by molar-refractivity contribution is 0.298. The zero-order valence-corrected chi connectivity index (χ0v) is 16.2. The van der Waals surface area contributed by atoms with Crippen molar-refractivity contribution in [2.24, 2.45) is 0 Å². The van der Waals surface area contributed by atoms with Crippen molar-refractivity contribution in [2.45, 2.75) is 44.6 Å². The molecular weight excluding hydrogens is 366 g/mol. The van der Waals surface area contributed by atoms with Gasteiger partial charge in [-0.05, 0) is 42.5 Å². The maximum absolute atomic E-state index is 12.7. The molecule has 0 radical (unpaired) electrons. The molecule has 2 aromatic rings. The van der Waals surface area contributed by atoms with Gasteiger partial charge >= 0.3 is 0 Å². The molecule has 0 saturated heterocycles. The van der Waals surface area contributed by atoms with Crippen LogP contribution in [0.4, 0.5) is 0 Å². The summed E-state index contributed by atoms with van der Waals surface area (Å²) in [7, 11) is -3.70. The number of nitrogens with one attached hydrogen (secondary N) is 1. The van der Waals surface area contributed by atoms with Gasteiger partial charge in [0.1, 0.15) is 10.6 Å². The first-order valence-electron chi connectivity index (χ1n) is 7.89. The second-order valence-electron chi connectivity index (χ2n) is 5.51. The van der Waals surface area contributed by atoms with E-state index >= 15 is 0 Å². The van der Waals surface area contributed by atoms with Crippen molar-refractivity contribution < 1.29 is 13.2 Å².